The zero-order valence-corrected chi connectivity index (χ0v) is 13.0. The molecule has 0 saturated carbocycles. The number of aliphatic hydroxyl groups is 1. The van der Waals surface area contributed by atoms with Gasteiger partial charge in [0.2, 0.25) is 5.43 Å². The lowest BCUT2D eigenvalue weighted by molar-refractivity contribution is 0.238. The van der Waals surface area contributed by atoms with Gasteiger partial charge in [-0.1, -0.05) is 18.2 Å². The third kappa shape index (κ3) is 3.51. The summed E-state index contributed by atoms with van der Waals surface area (Å²) < 4.78 is 18.4. The van der Waals surface area contributed by atoms with Gasteiger partial charge < -0.3 is 19.9 Å². The Balaban J connectivity index is 2.16. The molecule has 25 heavy (non-hydrogen) atoms. The molecule has 128 valence electrons. The molecule has 2 heterocycles. The molecule has 7 heteroatoms. The summed E-state index contributed by atoms with van der Waals surface area (Å²) in [6, 6.07) is 9.90. The maximum absolute atomic E-state index is 13.3. The van der Waals surface area contributed by atoms with Crippen molar-refractivity contribution in [3.8, 4) is 5.75 Å². The van der Waals surface area contributed by atoms with Crippen molar-refractivity contribution >= 4 is 5.82 Å². The minimum atomic E-state index is -0.805. The molecule has 0 aliphatic carbocycles. The van der Waals surface area contributed by atoms with Gasteiger partial charge in [0, 0.05) is 6.20 Å². The standard InChI is InChI=1S/C18H15FN2O4/c19-12-6-4-11(5-7-12)17(21-15-3-1-2-8-20-15)16-14(9-22)25-10-13(23)18(16)24/h1-8,10,17,22-23H,9H2,(H,20,21)/t17-/m0/s1. The van der Waals surface area contributed by atoms with Crippen LogP contribution in [-0.2, 0) is 6.61 Å². The highest BCUT2D eigenvalue weighted by Gasteiger charge is 2.24. The zero-order chi connectivity index (χ0) is 17.8. The van der Waals surface area contributed by atoms with Gasteiger partial charge in [0.15, 0.2) is 5.75 Å². The predicted molar refractivity (Wildman–Crippen MR) is 88.7 cm³/mol. The number of hydrogen-bond donors (Lipinski definition) is 3. The first-order valence-electron chi connectivity index (χ1n) is 7.47. The van der Waals surface area contributed by atoms with Crippen LogP contribution in [0, 0.1) is 5.82 Å². The first-order valence-corrected chi connectivity index (χ1v) is 7.47. The molecule has 0 amide bonds. The summed E-state index contributed by atoms with van der Waals surface area (Å²) in [5, 5.41) is 22.3. The second kappa shape index (κ2) is 7.14. The first kappa shape index (κ1) is 16.7. The molecule has 0 aliphatic rings. The summed E-state index contributed by atoms with van der Waals surface area (Å²) in [5.41, 5.74) is -0.118. The summed E-state index contributed by atoms with van der Waals surface area (Å²) in [7, 11) is 0. The average Bonchev–Trinajstić information content (AvgIpc) is 2.64. The van der Waals surface area contributed by atoms with Crippen molar-refractivity contribution in [3.05, 3.63) is 87.9 Å². The van der Waals surface area contributed by atoms with Gasteiger partial charge in [-0.25, -0.2) is 9.37 Å². The molecule has 3 aromatic rings. The number of nitrogens with zero attached hydrogens (tertiary/aromatic N) is 1. The Labute approximate surface area is 142 Å². The summed E-state index contributed by atoms with van der Waals surface area (Å²) in [5.74, 6) is -0.545. The molecule has 0 bridgehead atoms. The van der Waals surface area contributed by atoms with Crippen LogP contribution in [0.5, 0.6) is 5.75 Å². The zero-order valence-electron chi connectivity index (χ0n) is 13.0. The molecule has 1 atom stereocenters. The van der Waals surface area contributed by atoms with Gasteiger partial charge in [-0.05, 0) is 29.8 Å². The Morgan fingerprint density at radius 3 is 2.60 bits per heavy atom. The van der Waals surface area contributed by atoms with E-state index in [1.165, 1.54) is 24.3 Å². The van der Waals surface area contributed by atoms with E-state index in [4.69, 9.17) is 4.42 Å². The lowest BCUT2D eigenvalue weighted by atomic mass is 9.97. The average molecular weight is 342 g/mol. The molecule has 1 aromatic carbocycles. The molecule has 3 rings (SSSR count). The SMILES string of the molecule is O=c1c(O)coc(CO)c1[C@@H](Nc1ccccn1)c1ccc(F)cc1. The van der Waals surface area contributed by atoms with Crippen molar-refractivity contribution in [2.75, 3.05) is 5.32 Å². The number of hydrogen-bond acceptors (Lipinski definition) is 6. The van der Waals surface area contributed by atoms with Crippen LogP contribution >= 0.6 is 0 Å². The monoisotopic (exact) mass is 342 g/mol. The number of aromatic nitrogens is 1. The third-order valence-corrected chi connectivity index (χ3v) is 3.68. The Morgan fingerprint density at radius 1 is 1.20 bits per heavy atom. The van der Waals surface area contributed by atoms with E-state index in [0.29, 0.717) is 11.4 Å². The first-order chi connectivity index (χ1) is 12.1. The highest BCUT2D eigenvalue weighted by molar-refractivity contribution is 5.46. The fourth-order valence-electron chi connectivity index (χ4n) is 2.50. The van der Waals surface area contributed by atoms with E-state index in [1.807, 2.05) is 0 Å². The van der Waals surface area contributed by atoms with Crippen molar-refractivity contribution < 1.29 is 19.0 Å². The number of aromatic hydroxyl groups is 1. The Kier molecular flexibility index (Phi) is 4.76. The van der Waals surface area contributed by atoms with Crippen molar-refractivity contribution in [2.24, 2.45) is 0 Å². The van der Waals surface area contributed by atoms with Gasteiger partial charge in [0.25, 0.3) is 0 Å². The van der Waals surface area contributed by atoms with Gasteiger partial charge in [-0.15, -0.1) is 0 Å². The molecule has 0 spiro atoms. The van der Waals surface area contributed by atoms with E-state index in [0.717, 1.165) is 6.26 Å². The van der Waals surface area contributed by atoms with E-state index in [9.17, 15) is 19.4 Å². The van der Waals surface area contributed by atoms with Gasteiger partial charge in [0.1, 0.15) is 30.3 Å². The maximum Gasteiger partial charge on any atom is 0.232 e. The Hall–Kier alpha value is -3.19. The Bertz CT molecular complexity index is 911. The van der Waals surface area contributed by atoms with Crippen LogP contribution < -0.4 is 10.7 Å². The Morgan fingerprint density at radius 2 is 1.96 bits per heavy atom. The van der Waals surface area contributed by atoms with Crippen LogP contribution in [0.25, 0.3) is 0 Å². The number of halogens is 1. The molecule has 0 radical (unpaired) electrons. The third-order valence-electron chi connectivity index (χ3n) is 3.68. The van der Waals surface area contributed by atoms with E-state index >= 15 is 0 Å². The fourth-order valence-corrected chi connectivity index (χ4v) is 2.50. The summed E-state index contributed by atoms with van der Waals surface area (Å²) in [4.78, 5) is 16.6. The van der Waals surface area contributed by atoms with Gasteiger partial charge >= 0.3 is 0 Å². The lowest BCUT2D eigenvalue weighted by Gasteiger charge is -2.21. The molecule has 0 unspecified atom stereocenters. The second-order valence-electron chi connectivity index (χ2n) is 5.29. The van der Waals surface area contributed by atoms with E-state index in [2.05, 4.69) is 10.3 Å². The number of benzene rings is 1. The maximum atomic E-state index is 13.3. The van der Waals surface area contributed by atoms with Gasteiger partial charge in [-0.2, -0.15) is 0 Å². The van der Waals surface area contributed by atoms with Crippen LogP contribution in [0.1, 0.15) is 22.9 Å². The van der Waals surface area contributed by atoms with Crippen LogP contribution in [0.4, 0.5) is 10.2 Å². The van der Waals surface area contributed by atoms with Gasteiger partial charge in [-0.3, -0.25) is 4.79 Å². The molecule has 0 aliphatic heterocycles. The normalized spacial score (nSPS) is 11.9. The van der Waals surface area contributed by atoms with Crippen LogP contribution in [0.3, 0.4) is 0 Å². The minimum absolute atomic E-state index is 0.000515. The number of rotatable bonds is 5. The molecular weight excluding hydrogens is 327 g/mol. The van der Waals surface area contributed by atoms with E-state index < -0.39 is 29.6 Å². The smallest absolute Gasteiger partial charge is 0.232 e. The van der Waals surface area contributed by atoms with Crippen molar-refractivity contribution in [2.45, 2.75) is 12.6 Å². The largest absolute Gasteiger partial charge is 0.502 e. The molecular formula is C18H15FN2O4. The van der Waals surface area contributed by atoms with Crippen molar-refractivity contribution in [3.63, 3.8) is 0 Å². The van der Waals surface area contributed by atoms with Crippen LogP contribution in [0.15, 0.2) is 64.1 Å². The number of pyridine rings is 1. The topological polar surface area (TPSA) is 95.6 Å². The number of anilines is 1. The van der Waals surface area contributed by atoms with Gasteiger partial charge in [0.05, 0.1) is 11.6 Å². The molecule has 0 saturated heterocycles. The highest BCUT2D eigenvalue weighted by Crippen LogP contribution is 2.28. The predicted octanol–water partition coefficient (Wildman–Crippen LogP) is 2.57. The van der Waals surface area contributed by atoms with Crippen molar-refractivity contribution in [1.29, 1.82) is 0 Å². The summed E-state index contributed by atoms with van der Waals surface area (Å²) in [6.07, 6.45) is 2.45. The number of nitrogens with one attached hydrogen (secondary N) is 1. The summed E-state index contributed by atoms with van der Waals surface area (Å²) >= 11 is 0. The van der Waals surface area contributed by atoms with Crippen LogP contribution in [-0.4, -0.2) is 15.2 Å². The second-order valence-corrected chi connectivity index (χ2v) is 5.29. The van der Waals surface area contributed by atoms with E-state index in [-0.39, 0.29) is 11.3 Å². The minimum Gasteiger partial charge on any atom is -0.502 e. The number of aliphatic hydroxyl groups excluding tert-OH is 1. The lowest BCUT2D eigenvalue weighted by Crippen LogP contribution is -2.23. The fraction of sp³-hybridized carbons (Fsp3) is 0.111. The molecule has 2 aromatic heterocycles. The molecule has 3 N–H and O–H groups in total. The molecule has 0 fully saturated rings. The quantitative estimate of drug-likeness (QED) is 0.660. The molecule has 6 nitrogen and oxygen atoms in total. The van der Waals surface area contributed by atoms with E-state index in [1.54, 1.807) is 24.4 Å². The van der Waals surface area contributed by atoms with Crippen LogP contribution in [0.2, 0.25) is 0 Å². The van der Waals surface area contributed by atoms with Crippen molar-refractivity contribution in [1.82, 2.24) is 4.98 Å². The summed E-state index contributed by atoms with van der Waals surface area (Å²) in [6.45, 7) is -0.535. The highest BCUT2D eigenvalue weighted by atomic mass is 19.1.